The molecule has 1 amide bonds. The Hall–Kier alpha value is -2.32. The van der Waals surface area contributed by atoms with Crippen LogP contribution in [0.5, 0.6) is 0 Å². The maximum Gasteiger partial charge on any atom is 0.410 e. The number of carbonyl (C=O) groups is 1. The van der Waals surface area contributed by atoms with Gasteiger partial charge in [-0.15, -0.1) is 0 Å². The Labute approximate surface area is 170 Å². The van der Waals surface area contributed by atoms with Crippen molar-refractivity contribution in [3.63, 3.8) is 0 Å². The lowest BCUT2D eigenvalue weighted by Gasteiger charge is -2.39. The molecule has 0 radical (unpaired) electrons. The number of likely N-dealkylation sites (tertiary alicyclic amines) is 1. The van der Waals surface area contributed by atoms with Crippen LogP contribution in [0.15, 0.2) is 48.5 Å². The molecule has 0 aromatic heterocycles. The van der Waals surface area contributed by atoms with E-state index in [4.69, 9.17) is 16.3 Å². The Balaban J connectivity index is 1.49. The van der Waals surface area contributed by atoms with Crippen molar-refractivity contribution in [2.24, 2.45) is 5.92 Å². The van der Waals surface area contributed by atoms with E-state index in [1.165, 1.54) is 4.90 Å². The number of ether oxygens (including phenoxy) is 1. The van der Waals surface area contributed by atoms with Gasteiger partial charge in [0.15, 0.2) is 0 Å². The monoisotopic (exact) mass is 430 g/mol. The van der Waals surface area contributed by atoms with Gasteiger partial charge in [-0.05, 0) is 23.3 Å². The standard InChI is InChI=1S/C20H19ClF4N2O2/c21-17-8-15(22)6-7-16(17)18(20(23,24)25)26-9-14-10-27(11-14)19(28)29-12-13-4-2-1-3-5-13/h1-8,14,18,26H,9-12H2/t18-/m0/s1. The molecule has 2 aromatic rings. The van der Waals surface area contributed by atoms with Crippen LogP contribution in [0.1, 0.15) is 17.2 Å². The highest BCUT2D eigenvalue weighted by atomic mass is 35.5. The van der Waals surface area contributed by atoms with E-state index >= 15 is 0 Å². The van der Waals surface area contributed by atoms with E-state index in [0.717, 1.165) is 23.8 Å². The van der Waals surface area contributed by atoms with Gasteiger partial charge in [-0.25, -0.2) is 9.18 Å². The average molecular weight is 431 g/mol. The summed E-state index contributed by atoms with van der Waals surface area (Å²) in [5.41, 5.74) is 0.614. The minimum atomic E-state index is -4.60. The van der Waals surface area contributed by atoms with Crippen LogP contribution in [0.25, 0.3) is 0 Å². The maximum atomic E-state index is 13.4. The van der Waals surface area contributed by atoms with Gasteiger partial charge in [0.1, 0.15) is 18.5 Å². The molecular weight excluding hydrogens is 412 g/mol. The van der Waals surface area contributed by atoms with Crippen molar-refractivity contribution < 1.29 is 27.1 Å². The van der Waals surface area contributed by atoms with Gasteiger partial charge in [0.25, 0.3) is 0 Å². The fourth-order valence-corrected chi connectivity index (χ4v) is 3.36. The lowest BCUT2D eigenvalue weighted by Crippen LogP contribution is -2.54. The molecule has 3 rings (SSSR count). The summed E-state index contributed by atoms with van der Waals surface area (Å²) in [5, 5.41) is 2.15. The minimum Gasteiger partial charge on any atom is -0.445 e. The van der Waals surface area contributed by atoms with Crippen LogP contribution in [0.3, 0.4) is 0 Å². The molecule has 2 aromatic carbocycles. The number of rotatable bonds is 6. The summed E-state index contributed by atoms with van der Waals surface area (Å²) in [6.45, 7) is 0.753. The molecule has 4 nitrogen and oxygen atoms in total. The van der Waals surface area contributed by atoms with Crippen LogP contribution in [0, 0.1) is 11.7 Å². The summed E-state index contributed by atoms with van der Waals surface area (Å²) in [6, 6.07) is 9.97. The lowest BCUT2D eigenvalue weighted by atomic mass is 9.99. The van der Waals surface area contributed by atoms with Gasteiger partial charge in [-0.3, -0.25) is 0 Å². The molecule has 0 bridgehead atoms. The van der Waals surface area contributed by atoms with Crippen LogP contribution in [-0.2, 0) is 11.3 Å². The molecule has 1 aliphatic heterocycles. The van der Waals surface area contributed by atoms with Gasteiger partial charge in [0.2, 0.25) is 0 Å². The maximum absolute atomic E-state index is 13.4. The number of nitrogens with one attached hydrogen (secondary N) is 1. The third-order valence-electron chi connectivity index (χ3n) is 4.63. The van der Waals surface area contributed by atoms with Gasteiger partial charge in [-0.1, -0.05) is 48.0 Å². The third kappa shape index (κ3) is 5.61. The van der Waals surface area contributed by atoms with Crippen molar-refractivity contribution in [2.75, 3.05) is 19.6 Å². The van der Waals surface area contributed by atoms with E-state index in [1.807, 2.05) is 30.3 Å². The fourth-order valence-electron chi connectivity index (χ4n) is 3.08. The van der Waals surface area contributed by atoms with Crippen LogP contribution >= 0.6 is 11.6 Å². The van der Waals surface area contributed by atoms with E-state index < -0.39 is 24.1 Å². The Morgan fingerprint density at radius 2 is 1.90 bits per heavy atom. The number of amides is 1. The number of benzene rings is 2. The summed E-state index contributed by atoms with van der Waals surface area (Å²) in [7, 11) is 0. The number of carbonyl (C=O) groups excluding carboxylic acids is 1. The number of hydrogen-bond acceptors (Lipinski definition) is 3. The summed E-state index contributed by atoms with van der Waals surface area (Å²) in [4.78, 5) is 13.4. The summed E-state index contributed by atoms with van der Waals surface area (Å²) in [6.07, 6.45) is -5.10. The Bertz CT molecular complexity index is 842. The second kappa shape index (κ2) is 9.00. The van der Waals surface area contributed by atoms with Crippen molar-refractivity contribution in [2.45, 2.75) is 18.8 Å². The first-order valence-corrected chi connectivity index (χ1v) is 9.32. The van der Waals surface area contributed by atoms with Crippen LogP contribution in [0.2, 0.25) is 5.02 Å². The van der Waals surface area contributed by atoms with Crippen LogP contribution in [-0.4, -0.2) is 36.8 Å². The molecule has 0 spiro atoms. The highest BCUT2D eigenvalue weighted by Crippen LogP contribution is 2.36. The topological polar surface area (TPSA) is 41.6 Å². The summed E-state index contributed by atoms with van der Waals surface area (Å²) in [5.74, 6) is -0.855. The molecule has 29 heavy (non-hydrogen) atoms. The zero-order valence-electron chi connectivity index (χ0n) is 15.3. The van der Waals surface area contributed by atoms with E-state index in [2.05, 4.69) is 5.32 Å². The minimum absolute atomic E-state index is 0.0281. The predicted molar refractivity (Wildman–Crippen MR) is 99.9 cm³/mol. The molecule has 1 N–H and O–H groups in total. The Kier molecular flexibility index (Phi) is 6.64. The first-order valence-electron chi connectivity index (χ1n) is 8.94. The van der Waals surface area contributed by atoms with Crippen LogP contribution in [0.4, 0.5) is 22.4 Å². The van der Waals surface area contributed by atoms with Crippen molar-refractivity contribution in [1.82, 2.24) is 10.2 Å². The Morgan fingerprint density at radius 1 is 1.21 bits per heavy atom. The van der Waals surface area contributed by atoms with E-state index in [-0.39, 0.29) is 29.7 Å². The number of alkyl halides is 3. The van der Waals surface area contributed by atoms with E-state index in [0.29, 0.717) is 13.1 Å². The third-order valence-corrected chi connectivity index (χ3v) is 4.96. The molecule has 9 heteroatoms. The SMILES string of the molecule is O=C(OCc1ccccc1)N1CC(CN[C@@H](c2ccc(F)cc2Cl)C(F)(F)F)C1. The van der Waals surface area contributed by atoms with E-state index in [1.54, 1.807) is 0 Å². The van der Waals surface area contributed by atoms with Gasteiger partial charge in [-0.2, -0.15) is 13.2 Å². The molecule has 1 fully saturated rings. The van der Waals surface area contributed by atoms with Gasteiger partial charge >= 0.3 is 12.3 Å². The van der Waals surface area contributed by atoms with E-state index in [9.17, 15) is 22.4 Å². The molecule has 1 aliphatic rings. The van der Waals surface area contributed by atoms with Gasteiger partial charge < -0.3 is 15.0 Å². The zero-order valence-corrected chi connectivity index (χ0v) is 16.0. The van der Waals surface area contributed by atoms with Crippen molar-refractivity contribution in [1.29, 1.82) is 0 Å². The molecule has 1 saturated heterocycles. The fraction of sp³-hybridized carbons (Fsp3) is 0.350. The first-order chi connectivity index (χ1) is 13.7. The summed E-state index contributed by atoms with van der Waals surface area (Å²) < 4.78 is 58.6. The quantitative estimate of drug-likeness (QED) is 0.660. The second-order valence-corrected chi connectivity index (χ2v) is 7.27. The molecule has 0 unspecified atom stereocenters. The first kappa shape index (κ1) is 21.4. The normalized spacial score (nSPS) is 15.7. The number of hydrogen-bond donors (Lipinski definition) is 1. The smallest absolute Gasteiger partial charge is 0.410 e. The zero-order chi connectivity index (χ0) is 21.0. The summed E-state index contributed by atoms with van der Waals surface area (Å²) >= 11 is 5.79. The van der Waals surface area contributed by atoms with Crippen molar-refractivity contribution in [3.05, 3.63) is 70.5 Å². The highest BCUT2D eigenvalue weighted by Gasteiger charge is 2.42. The van der Waals surface area contributed by atoms with Crippen molar-refractivity contribution in [3.8, 4) is 0 Å². The Morgan fingerprint density at radius 3 is 2.52 bits per heavy atom. The molecule has 1 heterocycles. The molecule has 0 aliphatic carbocycles. The largest absolute Gasteiger partial charge is 0.445 e. The predicted octanol–water partition coefficient (Wildman–Crippen LogP) is 4.94. The van der Waals surface area contributed by atoms with Crippen LogP contribution < -0.4 is 5.32 Å². The molecular formula is C20H19ClF4N2O2. The van der Waals surface area contributed by atoms with Gasteiger partial charge in [0, 0.05) is 30.6 Å². The second-order valence-electron chi connectivity index (χ2n) is 6.86. The van der Waals surface area contributed by atoms with Crippen molar-refractivity contribution >= 4 is 17.7 Å². The molecule has 156 valence electrons. The molecule has 0 saturated carbocycles. The number of nitrogens with zero attached hydrogens (tertiary/aromatic N) is 1. The lowest BCUT2D eigenvalue weighted by molar-refractivity contribution is -0.158. The highest BCUT2D eigenvalue weighted by molar-refractivity contribution is 6.31. The van der Waals surface area contributed by atoms with Gasteiger partial charge in [0.05, 0.1) is 0 Å². The molecule has 1 atom stereocenters. The average Bonchev–Trinajstić information content (AvgIpc) is 2.62. The number of halogens is 5.